The van der Waals surface area contributed by atoms with Gasteiger partial charge in [0.1, 0.15) is 5.82 Å². The van der Waals surface area contributed by atoms with Crippen molar-refractivity contribution < 1.29 is 9.13 Å². The lowest BCUT2D eigenvalue weighted by Crippen LogP contribution is -2.35. The molecule has 0 saturated heterocycles. The van der Waals surface area contributed by atoms with Gasteiger partial charge in [0.2, 0.25) is 0 Å². The highest BCUT2D eigenvalue weighted by Gasteiger charge is 2.26. The van der Waals surface area contributed by atoms with Gasteiger partial charge in [0, 0.05) is 16.6 Å². The summed E-state index contributed by atoms with van der Waals surface area (Å²) in [6.45, 7) is 7.58. The van der Waals surface area contributed by atoms with Crippen molar-refractivity contribution in [2.45, 2.75) is 52.2 Å². The number of hydrogen-bond donors (Lipinski definition) is 1. The van der Waals surface area contributed by atoms with Gasteiger partial charge in [0.15, 0.2) is 0 Å². The Morgan fingerprint density at radius 3 is 2.57 bits per heavy atom. The molecule has 1 N–H and O–H groups in total. The average molecular weight is 381 g/mol. The third kappa shape index (κ3) is 5.20. The van der Waals surface area contributed by atoms with Crippen LogP contribution < -0.4 is 5.32 Å². The fourth-order valence-corrected chi connectivity index (χ4v) is 2.85. The first-order valence-electron chi connectivity index (χ1n) is 7.55. The molecule has 1 aromatic carbocycles. The van der Waals surface area contributed by atoms with Crippen LogP contribution in [0.3, 0.4) is 0 Å². The second-order valence-electron chi connectivity index (χ2n) is 4.98. The molecule has 21 heavy (non-hydrogen) atoms. The van der Waals surface area contributed by atoms with Crippen LogP contribution in [0, 0.1) is 5.82 Å². The minimum Gasteiger partial charge on any atom is -0.377 e. The molecule has 0 fully saturated rings. The first-order chi connectivity index (χ1) is 10.1. The first-order valence-corrected chi connectivity index (χ1v) is 8.72. The van der Waals surface area contributed by atoms with Gasteiger partial charge in [-0.15, -0.1) is 0 Å². The molecule has 5 heteroatoms. The van der Waals surface area contributed by atoms with Crippen molar-refractivity contribution >= 4 is 27.5 Å². The van der Waals surface area contributed by atoms with Crippen LogP contribution >= 0.6 is 27.5 Å². The van der Waals surface area contributed by atoms with Crippen molar-refractivity contribution in [3.63, 3.8) is 0 Å². The van der Waals surface area contributed by atoms with Gasteiger partial charge in [-0.05, 0) is 48.3 Å². The molecule has 2 unspecified atom stereocenters. The zero-order valence-electron chi connectivity index (χ0n) is 12.9. The summed E-state index contributed by atoms with van der Waals surface area (Å²) in [6, 6.07) is 3.38. The summed E-state index contributed by atoms with van der Waals surface area (Å²) in [5.41, 5.74) is 0.573. The SMILES string of the molecule is CCCNC(c1ccc(Br)c(Cl)c1F)C(CCC)OCC. The maximum Gasteiger partial charge on any atom is 0.147 e. The van der Waals surface area contributed by atoms with Gasteiger partial charge in [0.05, 0.1) is 17.2 Å². The molecule has 0 bridgehead atoms. The minimum atomic E-state index is -0.375. The molecule has 0 heterocycles. The van der Waals surface area contributed by atoms with Crippen LogP contribution in [0.25, 0.3) is 0 Å². The van der Waals surface area contributed by atoms with Gasteiger partial charge in [-0.2, -0.15) is 0 Å². The standard InChI is InChI=1S/C16H24BrClFNO/c1-4-7-13(21-6-3)16(20-10-5-2)11-8-9-12(17)14(18)15(11)19/h8-9,13,16,20H,4-7,10H2,1-3H3. The van der Waals surface area contributed by atoms with E-state index in [-0.39, 0.29) is 23.0 Å². The molecule has 0 saturated carbocycles. The Labute approximate surface area is 140 Å². The summed E-state index contributed by atoms with van der Waals surface area (Å²) in [7, 11) is 0. The predicted octanol–water partition coefficient (Wildman–Crippen LogP) is 5.49. The van der Waals surface area contributed by atoms with Crippen LogP contribution in [0.1, 0.15) is 51.6 Å². The van der Waals surface area contributed by atoms with Crippen LogP contribution in [-0.2, 0) is 4.74 Å². The predicted molar refractivity (Wildman–Crippen MR) is 90.5 cm³/mol. The molecule has 0 spiro atoms. The zero-order valence-corrected chi connectivity index (χ0v) is 15.2. The maximum atomic E-state index is 14.5. The van der Waals surface area contributed by atoms with Gasteiger partial charge in [-0.3, -0.25) is 0 Å². The van der Waals surface area contributed by atoms with Crippen molar-refractivity contribution in [3.8, 4) is 0 Å². The molecular weight excluding hydrogens is 357 g/mol. The smallest absolute Gasteiger partial charge is 0.147 e. The Kier molecular flexibility index (Phi) is 8.79. The number of nitrogens with one attached hydrogen (secondary N) is 1. The third-order valence-electron chi connectivity index (χ3n) is 3.34. The van der Waals surface area contributed by atoms with Crippen molar-refractivity contribution in [2.24, 2.45) is 0 Å². The summed E-state index contributed by atoms with van der Waals surface area (Å²) in [4.78, 5) is 0. The molecule has 0 radical (unpaired) electrons. The largest absolute Gasteiger partial charge is 0.377 e. The van der Waals surface area contributed by atoms with E-state index in [2.05, 4.69) is 35.1 Å². The lowest BCUT2D eigenvalue weighted by molar-refractivity contribution is 0.0267. The van der Waals surface area contributed by atoms with E-state index in [0.29, 0.717) is 16.6 Å². The second-order valence-corrected chi connectivity index (χ2v) is 6.21. The normalized spacial score (nSPS) is 14.2. The molecule has 1 aromatic rings. The van der Waals surface area contributed by atoms with Crippen LogP contribution in [0.15, 0.2) is 16.6 Å². The number of benzene rings is 1. The molecule has 0 aromatic heterocycles. The van der Waals surface area contributed by atoms with Crippen LogP contribution in [-0.4, -0.2) is 19.3 Å². The minimum absolute atomic E-state index is 0.0571. The van der Waals surface area contributed by atoms with E-state index in [1.807, 2.05) is 6.92 Å². The number of rotatable bonds is 9. The summed E-state index contributed by atoms with van der Waals surface area (Å²) < 4.78 is 20.9. The van der Waals surface area contributed by atoms with E-state index < -0.39 is 0 Å². The van der Waals surface area contributed by atoms with Crippen LogP contribution in [0.5, 0.6) is 0 Å². The highest BCUT2D eigenvalue weighted by molar-refractivity contribution is 9.10. The molecule has 0 aliphatic carbocycles. The second kappa shape index (κ2) is 9.78. The molecule has 1 rings (SSSR count). The molecule has 0 aliphatic rings. The van der Waals surface area contributed by atoms with Crippen LogP contribution in [0.2, 0.25) is 5.02 Å². The van der Waals surface area contributed by atoms with Gasteiger partial charge in [-0.1, -0.05) is 37.9 Å². The molecule has 2 atom stereocenters. The van der Waals surface area contributed by atoms with E-state index in [9.17, 15) is 4.39 Å². The van der Waals surface area contributed by atoms with E-state index in [1.165, 1.54) is 0 Å². The quantitative estimate of drug-likeness (QED) is 0.572. The summed E-state index contributed by atoms with van der Waals surface area (Å²) >= 11 is 9.29. The fourth-order valence-electron chi connectivity index (χ4n) is 2.37. The average Bonchev–Trinajstić information content (AvgIpc) is 2.47. The molecule has 0 amide bonds. The highest BCUT2D eigenvalue weighted by Crippen LogP contribution is 2.33. The van der Waals surface area contributed by atoms with Crippen molar-refractivity contribution in [1.82, 2.24) is 5.32 Å². The highest BCUT2D eigenvalue weighted by atomic mass is 79.9. The summed E-state index contributed by atoms with van der Waals surface area (Å²) in [5.74, 6) is -0.375. The van der Waals surface area contributed by atoms with Crippen molar-refractivity contribution in [1.29, 1.82) is 0 Å². The Bertz CT molecular complexity index is 439. The lowest BCUT2D eigenvalue weighted by atomic mass is 9.97. The molecule has 2 nitrogen and oxygen atoms in total. The van der Waals surface area contributed by atoms with Crippen molar-refractivity contribution in [2.75, 3.05) is 13.2 Å². The van der Waals surface area contributed by atoms with E-state index >= 15 is 0 Å². The number of hydrogen-bond acceptors (Lipinski definition) is 2. The molecule has 120 valence electrons. The Morgan fingerprint density at radius 2 is 2.00 bits per heavy atom. The van der Waals surface area contributed by atoms with E-state index in [0.717, 1.165) is 25.8 Å². The summed E-state index contributed by atoms with van der Waals surface area (Å²) in [5, 5.41) is 3.53. The maximum absolute atomic E-state index is 14.5. The first kappa shape index (κ1) is 18.9. The van der Waals surface area contributed by atoms with Gasteiger partial charge in [-0.25, -0.2) is 4.39 Å². The Morgan fingerprint density at radius 1 is 1.29 bits per heavy atom. The van der Waals surface area contributed by atoms with Gasteiger partial charge in [0.25, 0.3) is 0 Å². The van der Waals surface area contributed by atoms with Gasteiger partial charge >= 0.3 is 0 Å². The third-order valence-corrected chi connectivity index (χ3v) is 4.60. The zero-order chi connectivity index (χ0) is 15.8. The van der Waals surface area contributed by atoms with E-state index in [1.54, 1.807) is 12.1 Å². The Hall–Kier alpha value is -0.160. The Balaban J connectivity index is 3.13. The lowest BCUT2D eigenvalue weighted by Gasteiger charge is -2.29. The van der Waals surface area contributed by atoms with Gasteiger partial charge < -0.3 is 10.1 Å². The fraction of sp³-hybridized carbons (Fsp3) is 0.625. The number of halogens is 3. The van der Waals surface area contributed by atoms with Crippen LogP contribution in [0.4, 0.5) is 4.39 Å². The monoisotopic (exact) mass is 379 g/mol. The molecular formula is C16H24BrClFNO. The van der Waals surface area contributed by atoms with E-state index in [4.69, 9.17) is 16.3 Å². The topological polar surface area (TPSA) is 21.3 Å². The number of ether oxygens (including phenoxy) is 1. The van der Waals surface area contributed by atoms with Crippen molar-refractivity contribution in [3.05, 3.63) is 33.0 Å². The molecule has 0 aliphatic heterocycles. The summed E-state index contributed by atoms with van der Waals surface area (Å²) in [6.07, 6.45) is 2.79.